The molecule has 0 bridgehead atoms. The first-order valence-corrected chi connectivity index (χ1v) is 10.6. The lowest BCUT2D eigenvalue weighted by Gasteiger charge is -2.41. The molecule has 2 aliphatic carbocycles. The largest absolute Gasteiger partial charge is 0.389 e. The minimum absolute atomic E-state index is 0.472. The number of anilines is 1. The molecule has 1 aliphatic heterocycles. The fourth-order valence-corrected chi connectivity index (χ4v) is 4.67. The van der Waals surface area contributed by atoms with Crippen LogP contribution in [0, 0.1) is 5.92 Å². The third-order valence-corrected chi connectivity index (χ3v) is 6.70. The molecule has 1 saturated heterocycles. The van der Waals surface area contributed by atoms with Gasteiger partial charge in [0.15, 0.2) is 11.5 Å². The van der Waals surface area contributed by atoms with Gasteiger partial charge < -0.3 is 15.3 Å². The van der Waals surface area contributed by atoms with Crippen LogP contribution in [0.1, 0.15) is 63.1 Å². The standard InChI is InChI=1S/C20H30N6O/c27-20(9-2-1-3-10-20)14-21-11-15-12-25(13-15)18-8-7-17-22-23-19(26(17)24-18)16-5-4-6-16/h7-8,15-16,21,27H,1-6,9-14H2. The molecular formula is C20H30N6O. The highest BCUT2D eigenvalue weighted by molar-refractivity contribution is 5.47. The van der Waals surface area contributed by atoms with Gasteiger partial charge in [-0.1, -0.05) is 25.7 Å². The maximum absolute atomic E-state index is 10.6. The summed E-state index contributed by atoms with van der Waals surface area (Å²) in [6.45, 7) is 3.75. The topological polar surface area (TPSA) is 78.6 Å². The zero-order valence-corrected chi connectivity index (χ0v) is 16.0. The van der Waals surface area contributed by atoms with Crippen LogP contribution in [-0.2, 0) is 0 Å². The lowest BCUT2D eigenvalue weighted by atomic mass is 9.85. The minimum Gasteiger partial charge on any atom is -0.389 e. The van der Waals surface area contributed by atoms with E-state index in [1.807, 2.05) is 10.6 Å². The molecule has 146 valence electrons. The van der Waals surface area contributed by atoms with Crippen molar-refractivity contribution in [3.8, 4) is 0 Å². The first kappa shape index (κ1) is 17.4. The van der Waals surface area contributed by atoms with Gasteiger partial charge in [-0.2, -0.15) is 4.52 Å². The molecule has 0 atom stereocenters. The van der Waals surface area contributed by atoms with Gasteiger partial charge >= 0.3 is 0 Å². The van der Waals surface area contributed by atoms with Crippen molar-refractivity contribution >= 4 is 11.5 Å². The number of aromatic nitrogens is 4. The van der Waals surface area contributed by atoms with Crippen molar-refractivity contribution in [2.75, 3.05) is 31.1 Å². The Morgan fingerprint density at radius 2 is 1.89 bits per heavy atom. The van der Waals surface area contributed by atoms with Crippen LogP contribution >= 0.6 is 0 Å². The summed E-state index contributed by atoms with van der Waals surface area (Å²) in [5, 5.41) is 27.5. The molecule has 3 heterocycles. The van der Waals surface area contributed by atoms with E-state index in [-0.39, 0.29) is 0 Å². The maximum atomic E-state index is 10.6. The smallest absolute Gasteiger partial charge is 0.178 e. The van der Waals surface area contributed by atoms with Crippen molar-refractivity contribution < 1.29 is 5.11 Å². The predicted octanol–water partition coefficient (Wildman–Crippen LogP) is 2.11. The van der Waals surface area contributed by atoms with Gasteiger partial charge in [0.05, 0.1) is 5.60 Å². The fourth-order valence-electron chi connectivity index (χ4n) is 4.67. The highest BCUT2D eigenvalue weighted by Crippen LogP contribution is 2.35. The molecule has 2 saturated carbocycles. The van der Waals surface area contributed by atoms with Gasteiger partial charge in [0.25, 0.3) is 0 Å². The zero-order valence-electron chi connectivity index (χ0n) is 16.0. The highest BCUT2D eigenvalue weighted by Gasteiger charge is 2.32. The maximum Gasteiger partial charge on any atom is 0.178 e. The molecule has 0 aromatic carbocycles. The summed E-state index contributed by atoms with van der Waals surface area (Å²) in [4.78, 5) is 2.33. The number of hydrogen-bond acceptors (Lipinski definition) is 6. The van der Waals surface area contributed by atoms with Crippen molar-refractivity contribution in [1.82, 2.24) is 25.1 Å². The van der Waals surface area contributed by atoms with Crippen LogP contribution in [0.2, 0.25) is 0 Å². The summed E-state index contributed by atoms with van der Waals surface area (Å²) < 4.78 is 1.95. The Morgan fingerprint density at radius 1 is 1.07 bits per heavy atom. The molecule has 0 radical (unpaired) electrons. The molecule has 5 rings (SSSR count). The summed E-state index contributed by atoms with van der Waals surface area (Å²) in [7, 11) is 0. The van der Waals surface area contributed by atoms with Gasteiger partial charge in [-0.3, -0.25) is 0 Å². The summed E-state index contributed by atoms with van der Waals surface area (Å²) >= 11 is 0. The summed E-state index contributed by atoms with van der Waals surface area (Å²) in [5.74, 6) is 3.20. The second-order valence-electron chi connectivity index (χ2n) is 8.83. The molecule has 7 nitrogen and oxygen atoms in total. The average Bonchev–Trinajstić information content (AvgIpc) is 2.99. The van der Waals surface area contributed by atoms with E-state index in [0.29, 0.717) is 11.8 Å². The quantitative estimate of drug-likeness (QED) is 0.811. The number of hydrogen-bond donors (Lipinski definition) is 2. The molecule has 2 aromatic heterocycles. The van der Waals surface area contributed by atoms with Crippen LogP contribution in [0.3, 0.4) is 0 Å². The highest BCUT2D eigenvalue weighted by atomic mass is 16.3. The normalized spacial score (nSPS) is 23.4. The molecule has 3 aliphatic rings. The van der Waals surface area contributed by atoms with Crippen molar-refractivity contribution in [3.63, 3.8) is 0 Å². The summed E-state index contributed by atoms with van der Waals surface area (Å²) in [5.41, 5.74) is 0.376. The van der Waals surface area contributed by atoms with E-state index in [4.69, 9.17) is 5.10 Å². The van der Waals surface area contributed by atoms with Crippen molar-refractivity contribution in [1.29, 1.82) is 0 Å². The Labute approximate surface area is 160 Å². The molecule has 0 amide bonds. The van der Waals surface area contributed by atoms with E-state index in [0.717, 1.165) is 69.2 Å². The Bertz CT molecular complexity index is 789. The average molecular weight is 371 g/mol. The van der Waals surface area contributed by atoms with Gasteiger partial charge in [0, 0.05) is 38.0 Å². The van der Waals surface area contributed by atoms with Crippen LogP contribution in [0.5, 0.6) is 0 Å². The van der Waals surface area contributed by atoms with Crippen molar-refractivity contribution in [2.24, 2.45) is 5.92 Å². The lowest BCUT2D eigenvalue weighted by Crippen LogP contribution is -2.53. The second-order valence-corrected chi connectivity index (χ2v) is 8.83. The predicted molar refractivity (Wildman–Crippen MR) is 104 cm³/mol. The second kappa shape index (κ2) is 7.02. The van der Waals surface area contributed by atoms with E-state index in [1.165, 1.54) is 25.7 Å². The van der Waals surface area contributed by atoms with Crippen LogP contribution in [0.4, 0.5) is 5.82 Å². The van der Waals surface area contributed by atoms with Crippen molar-refractivity contribution in [3.05, 3.63) is 18.0 Å². The molecule has 2 N–H and O–H groups in total. The monoisotopic (exact) mass is 370 g/mol. The van der Waals surface area contributed by atoms with Crippen LogP contribution in [0.15, 0.2) is 12.1 Å². The molecule has 0 unspecified atom stereocenters. The molecule has 27 heavy (non-hydrogen) atoms. The first-order chi connectivity index (χ1) is 13.2. The zero-order chi connectivity index (χ0) is 18.3. The third kappa shape index (κ3) is 3.43. The molecule has 7 heteroatoms. The molecule has 0 spiro atoms. The fraction of sp³-hybridized carbons (Fsp3) is 0.750. The third-order valence-electron chi connectivity index (χ3n) is 6.70. The molecular weight excluding hydrogens is 340 g/mol. The van der Waals surface area contributed by atoms with E-state index >= 15 is 0 Å². The number of nitrogens with zero attached hydrogens (tertiary/aromatic N) is 5. The molecule has 3 fully saturated rings. The Balaban J connectivity index is 1.15. The number of nitrogens with one attached hydrogen (secondary N) is 1. The van der Waals surface area contributed by atoms with Crippen LogP contribution in [0.25, 0.3) is 5.65 Å². The first-order valence-electron chi connectivity index (χ1n) is 10.6. The van der Waals surface area contributed by atoms with Gasteiger partial charge in [0.1, 0.15) is 5.82 Å². The van der Waals surface area contributed by atoms with E-state index in [1.54, 1.807) is 0 Å². The van der Waals surface area contributed by atoms with Crippen LogP contribution < -0.4 is 10.2 Å². The Hall–Kier alpha value is -1.73. The SMILES string of the molecule is OC1(CNCC2CN(c3ccc4nnc(C5CCC5)n4n3)C2)CCCCC1. The van der Waals surface area contributed by atoms with Gasteiger partial charge in [0.2, 0.25) is 0 Å². The minimum atomic E-state index is -0.472. The summed E-state index contributed by atoms with van der Waals surface area (Å²) in [6.07, 6.45) is 9.19. The van der Waals surface area contributed by atoms with E-state index in [9.17, 15) is 5.11 Å². The number of rotatable bonds is 6. The lowest BCUT2D eigenvalue weighted by molar-refractivity contribution is 0.00411. The summed E-state index contributed by atoms with van der Waals surface area (Å²) in [6, 6.07) is 4.09. The number of aliphatic hydroxyl groups is 1. The van der Waals surface area contributed by atoms with E-state index < -0.39 is 5.60 Å². The molecule has 2 aromatic rings. The van der Waals surface area contributed by atoms with E-state index in [2.05, 4.69) is 26.5 Å². The van der Waals surface area contributed by atoms with Gasteiger partial charge in [-0.05, 0) is 37.8 Å². The Morgan fingerprint density at radius 3 is 2.63 bits per heavy atom. The van der Waals surface area contributed by atoms with Gasteiger partial charge in [-0.15, -0.1) is 15.3 Å². The van der Waals surface area contributed by atoms with Crippen molar-refractivity contribution in [2.45, 2.75) is 62.9 Å². The van der Waals surface area contributed by atoms with Gasteiger partial charge in [-0.25, -0.2) is 0 Å². The Kier molecular flexibility index (Phi) is 4.52. The number of fused-ring (bicyclic) bond motifs is 1. The van der Waals surface area contributed by atoms with Crippen LogP contribution in [-0.4, -0.2) is 56.7 Å².